The van der Waals surface area contributed by atoms with Gasteiger partial charge in [-0.2, -0.15) is 0 Å². The molecule has 0 amide bonds. The van der Waals surface area contributed by atoms with Gasteiger partial charge in [-0.25, -0.2) is 0 Å². The molecular weight excluding hydrogens is 308 g/mol. The van der Waals surface area contributed by atoms with Crippen molar-refractivity contribution in [2.75, 3.05) is 0 Å². The van der Waals surface area contributed by atoms with Crippen molar-refractivity contribution in [2.45, 2.75) is 0 Å². The highest BCUT2D eigenvalue weighted by Gasteiger charge is 2.17. The highest BCUT2D eigenvalue weighted by atomic mass is 35.5. The lowest BCUT2D eigenvalue weighted by molar-refractivity contribution is 0.526. The molecule has 23 heavy (non-hydrogen) atoms. The molecule has 0 aliphatic rings. The van der Waals surface area contributed by atoms with Crippen LogP contribution < -0.4 is 0 Å². The predicted molar refractivity (Wildman–Crippen MR) is 92.3 cm³/mol. The first-order valence-corrected chi connectivity index (χ1v) is 7.68. The number of halogens is 1. The van der Waals surface area contributed by atoms with Crippen LogP contribution in [0.2, 0.25) is 5.22 Å². The summed E-state index contributed by atoms with van der Waals surface area (Å²) in [6.45, 7) is 0. The number of hydrogen-bond donors (Lipinski definition) is 0. The molecule has 2 heterocycles. The van der Waals surface area contributed by atoms with Crippen LogP contribution in [0.3, 0.4) is 0 Å². The van der Waals surface area contributed by atoms with Crippen LogP contribution in [0.4, 0.5) is 0 Å². The second-order valence-corrected chi connectivity index (χ2v) is 5.60. The van der Waals surface area contributed by atoms with Gasteiger partial charge in [0.1, 0.15) is 0 Å². The zero-order valence-electron chi connectivity index (χ0n) is 12.2. The van der Waals surface area contributed by atoms with E-state index in [1.165, 1.54) is 0 Å². The first-order valence-electron chi connectivity index (χ1n) is 7.30. The van der Waals surface area contributed by atoms with Crippen LogP contribution in [0.5, 0.6) is 0 Å². The van der Waals surface area contributed by atoms with Crippen molar-refractivity contribution in [1.29, 1.82) is 0 Å². The second-order valence-electron chi connectivity index (χ2n) is 5.22. The Bertz CT molecular complexity index is 921. The Morgan fingerprint density at radius 2 is 1.35 bits per heavy atom. The molecular formula is C20H13ClO2. The summed E-state index contributed by atoms with van der Waals surface area (Å²) in [6.07, 6.45) is 1.73. The zero-order chi connectivity index (χ0) is 15.6. The van der Waals surface area contributed by atoms with Crippen molar-refractivity contribution in [2.24, 2.45) is 0 Å². The fourth-order valence-electron chi connectivity index (χ4n) is 2.61. The molecule has 0 spiro atoms. The average molecular weight is 321 g/mol. The Hall–Kier alpha value is -2.71. The minimum Gasteiger partial charge on any atom is -0.460 e. The first-order chi connectivity index (χ1) is 11.3. The Labute approximate surface area is 138 Å². The van der Waals surface area contributed by atoms with E-state index in [-0.39, 0.29) is 0 Å². The van der Waals surface area contributed by atoms with Gasteiger partial charge in [-0.1, -0.05) is 60.7 Å². The number of furan rings is 2. The molecule has 0 unspecified atom stereocenters. The molecule has 0 aliphatic heterocycles. The zero-order valence-corrected chi connectivity index (χ0v) is 13.0. The van der Waals surface area contributed by atoms with Gasteiger partial charge in [-0.3, -0.25) is 0 Å². The number of benzene rings is 2. The molecule has 0 fully saturated rings. The fraction of sp³-hybridized carbons (Fsp3) is 0. The van der Waals surface area contributed by atoms with Crippen molar-refractivity contribution >= 4 is 11.6 Å². The quantitative estimate of drug-likeness (QED) is 0.429. The van der Waals surface area contributed by atoms with Gasteiger partial charge < -0.3 is 8.83 Å². The molecule has 0 saturated carbocycles. The summed E-state index contributed by atoms with van der Waals surface area (Å²) in [7, 11) is 0. The highest BCUT2D eigenvalue weighted by Crippen LogP contribution is 2.38. The van der Waals surface area contributed by atoms with E-state index >= 15 is 0 Å². The van der Waals surface area contributed by atoms with Gasteiger partial charge in [0.2, 0.25) is 0 Å². The third-order valence-electron chi connectivity index (χ3n) is 3.72. The van der Waals surface area contributed by atoms with E-state index in [1.54, 1.807) is 6.26 Å². The lowest BCUT2D eigenvalue weighted by Crippen LogP contribution is -1.77. The van der Waals surface area contributed by atoms with Crippen LogP contribution >= 0.6 is 11.6 Å². The average Bonchev–Trinajstić information content (AvgIpc) is 3.23. The lowest BCUT2D eigenvalue weighted by Gasteiger charge is -1.99. The summed E-state index contributed by atoms with van der Waals surface area (Å²) < 4.78 is 11.4. The Kier molecular flexibility index (Phi) is 3.52. The first kappa shape index (κ1) is 13.9. The van der Waals surface area contributed by atoms with E-state index in [9.17, 15) is 0 Å². The largest absolute Gasteiger partial charge is 0.460 e. The van der Waals surface area contributed by atoms with E-state index in [2.05, 4.69) is 0 Å². The monoisotopic (exact) mass is 320 g/mol. The Morgan fingerprint density at radius 3 is 2.04 bits per heavy atom. The van der Waals surface area contributed by atoms with E-state index in [1.807, 2.05) is 72.8 Å². The summed E-state index contributed by atoms with van der Waals surface area (Å²) in [5, 5.41) is 0.344. The van der Waals surface area contributed by atoms with Crippen LogP contribution in [0, 0.1) is 0 Å². The van der Waals surface area contributed by atoms with E-state index < -0.39 is 0 Å². The van der Waals surface area contributed by atoms with Gasteiger partial charge >= 0.3 is 0 Å². The van der Waals surface area contributed by atoms with Crippen molar-refractivity contribution < 1.29 is 8.83 Å². The van der Waals surface area contributed by atoms with Crippen LogP contribution in [0.1, 0.15) is 0 Å². The molecule has 2 aromatic heterocycles. The van der Waals surface area contributed by atoms with Gasteiger partial charge in [0.25, 0.3) is 0 Å². The SMILES string of the molecule is Clc1cc(-c2ccccc2)c(-c2cc(-c3ccccc3)co2)o1. The van der Waals surface area contributed by atoms with Crippen molar-refractivity contribution in [1.82, 2.24) is 0 Å². The van der Waals surface area contributed by atoms with Crippen LogP contribution in [-0.4, -0.2) is 0 Å². The van der Waals surface area contributed by atoms with Crippen molar-refractivity contribution in [3.05, 3.63) is 84.3 Å². The topological polar surface area (TPSA) is 26.3 Å². The van der Waals surface area contributed by atoms with Crippen molar-refractivity contribution in [3.63, 3.8) is 0 Å². The highest BCUT2D eigenvalue weighted by molar-refractivity contribution is 6.29. The smallest absolute Gasteiger partial charge is 0.194 e. The fourth-order valence-corrected chi connectivity index (χ4v) is 2.80. The van der Waals surface area contributed by atoms with Gasteiger partial charge in [0.15, 0.2) is 16.7 Å². The summed E-state index contributed by atoms with van der Waals surface area (Å²) >= 11 is 6.08. The molecule has 3 heteroatoms. The lowest BCUT2D eigenvalue weighted by atomic mass is 10.0. The van der Waals surface area contributed by atoms with E-state index in [0.29, 0.717) is 16.7 Å². The Morgan fingerprint density at radius 1 is 0.696 bits per heavy atom. The molecule has 0 bridgehead atoms. The van der Waals surface area contributed by atoms with E-state index in [4.69, 9.17) is 20.4 Å². The molecule has 0 saturated heterocycles. The summed E-state index contributed by atoms with van der Waals surface area (Å²) in [6, 6.07) is 23.8. The maximum atomic E-state index is 6.08. The van der Waals surface area contributed by atoms with Gasteiger partial charge in [-0.05, 0) is 28.8 Å². The molecule has 112 valence electrons. The van der Waals surface area contributed by atoms with Gasteiger partial charge in [0, 0.05) is 17.2 Å². The van der Waals surface area contributed by atoms with Gasteiger partial charge in [-0.15, -0.1) is 0 Å². The summed E-state index contributed by atoms with van der Waals surface area (Å²) in [4.78, 5) is 0. The van der Waals surface area contributed by atoms with Crippen LogP contribution in [-0.2, 0) is 0 Å². The molecule has 0 atom stereocenters. The summed E-state index contributed by atoms with van der Waals surface area (Å²) in [5.41, 5.74) is 4.06. The molecule has 2 nitrogen and oxygen atoms in total. The van der Waals surface area contributed by atoms with Crippen molar-refractivity contribution in [3.8, 4) is 33.8 Å². The maximum absolute atomic E-state index is 6.08. The van der Waals surface area contributed by atoms with Crippen LogP contribution in [0.15, 0.2) is 87.9 Å². The van der Waals surface area contributed by atoms with Crippen LogP contribution in [0.25, 0.3) is 33.8 Å². The minimum absolute atomic E-state index is 0.344. The molecule has 0 N–H and O–H groups in total. The normalized spacial score (nSPS) is 10.8. The third-order valence-corrected chi connectivity index (χ3v) is 3.90. The molecule has 2 aromatic carbocycles. The molecule has 0 radical (unpaired) electrons. The minimum atomic E-state index is 0.344. The number of hydrogen-bond acceptors (Lipinski definition) is 2. The van der Waals surface area contributed by atoms with E-state index in [0.717, 1.165) is 22.3 Å². The molecule has 4 rings (SSSR count). The standard InChI is InChI=1S/C20H13ClO2/c21-19-12-17(15-9-5-2-6-10-15)20(23-19)18-11-16(13-22-18)14-7-3-1-4-8-14/h1-13H. The van der Waals surface area contributed by atoms with Gasteiger partial charge in [0.05, 0.1) is 6.26 Å². The maximum Gasteiger partial charge on any atom is 0.194 e. The molecule has 0 aliphatic carbocycles. The summed E-state index contributed by atoms with van der Waals surface area (Å²) in [5.74, 6) is 1.30. The predicted octanol–water partition coefficient (Wildman–Crippen LogP) is 6.53. The number of rotatable bonds is 3. The Balaban J connectivity index is 1.79. The second kappa shape index (κ2) is 5.82. The molecule has 4 aromatic rings. The third kappa shape index (κ3) is 2.69.